The second-order valence-electron chi connectivity index (χ2n) is 2.64. The zero-order chi connectivity index (χ0) is 10.3. The van der Waals surface area contributed by atoms with E-state index in [1.54, 1.807) is 0 Å². The maximum atomic E-state index is 13.0. The van der Waals surface area contributed by atoms with Crippen LogP contribution in [0.3, 0.4) is 0 Å². The number of nitro groups is 1. The molecule has 6 heteroatoms. The first-order valence-corrected chi connectivity index (χ1v) is 4.48. The van der Waals surface area contributed by atoms with Crippen LogP contribution in [0.5, 0.6) is 0 Å². The average Bonchev–Trinajstić information content (AvgIpc) is 2.47. The number of benzene rings is 1. The number of halogens is 2. The Morgan fingerprint density at radius 3 is 2.71 bits per heavy atom. The molecule has 1 aromatic carbocycles. The van der Waals surface area contributed by atoms with Gasteiger partial charge in [-0.05, 0) is 6.07 Å². The molecule has 0 radical (unpaired) electrons. The van der Waals surface area contributed by atoms with Crippen LogP contribution in [0.25, 0.3) is 10.1 Å². The smallest absolute Gasteiger partial charge is 0.258 e. The molecule has 0 amide bonds. The van der Waals surface area contributed by atoms with E-state index >= 15 is 0 Å². The van der Waals surface area contributed by atoms with Gasteiger partial charge in [0.25, 0.3) is 5.69 Å². The standard InChI is InChI=1S/C8H3F2NO2S/c9-4-1-5-6(10)3-14-8(5)7(2-4)11(12)13/h1-3H. The van der Waals surface area contributed by atoms with Gasteiger partial charge in [-0.1, -0.05) is 0 Å². The first-order valence-electron chi connectivity index (χ1n) is 3.60. The number of hydrogen-bond acceptors (Lipinski definition) is 3. The van der Waals surface area contributed by atoms with Crippen molar-refractivity contribution in [3.63, 3.8) is 0 Å². The molecule has 0 N–H and O–H groups in total. The lowest BCUT2D eigenvalue weighted by molar-refractivity contribution is -0.383. The molecule has 72 valence electrons. The molecule has 0 bridgehead atoms. The summed E-state index contributed by atoms with van der Waals surface area (Å²) in [6.45, 7) is 0. The Bertz CT molecular complexity index is 523. The maximum Gasteiger partial charge on any atom is 0.290 e. The Balaban J connectivity index is 2.88. The number of nitrogens with zero attached hydrogens (tertiary/aromatic N) is 1. The molecule has 0 aliphatic heterocycles. The summed E-state index contributed by atoms with van der Waals surface area (Å²) < 4.78 is 26.0. The molecule has 3 nitrogen and oxygen atoms in total. The Hall–Kier alpha value is -1.56. The SMILES string of the molecule is O=[N+]([O-])c1cc(F)cc2c(F)csc12. The molecular formula is C8H3F2NO2S. The van der Waals surface area contributed by atoms with Crippen LogP contribution in [-0.4, -0.2) is 4.92 Å². The number of rotatable bonds is 1. The fourth-order valence-electron chi connectivity index (χ4n) is 1.19. The minimum Gasteiger partial charge on any atom is -0.258 e. The predicted octanol–water partition coefficient (Wildman–Crippen LogP) is 3.09. The summed E-state index contributed by atoms with van der Waals surface area (Å²) >= 11 is 0.894. The van der Waals surface area contributed by atoms with E-state index in [9.17, 15) is 18.9 Å². The molecular weight excluding hydrogens is 212 g/mol. The van der Waals surface area contributed by atoms with E-state index < -0.39 is 22.2 Å². The third kappa shape index (κ3) is 1.24. The second-order valence-corrected chi connectivity index (χ2v) is 3.52. The summed E-state index contributed by atoms with van der Waals surface area (Å²) in [5.74, 6) is -1.44. The molecule has 0 unspecified atom stereocenters. The first kappa shape index (κ1) is 9.01. The van der Waals surface area contributed by atoms with E-state index in [1.807, 2.05) is 0 Å². The van der Waals surface area contributed by atoms with Gasteiger partial charge < -0.3 is 0 Å². The zero-order valence-electron chi connectivity index (χ0n) is 6.66. The molecule has 0 saturated carbocycles. The van der Waals surface area contributed by atoms with Gasteiger partial charge in [0.05, 0.1) is 11.0 Å². The maximum absolute atomic E-state index is 13.0. The highest BCUT2D eigenvalue weighted by Gasteiger charge is 2.17. The number of thiophene rings is 1. The lowest BCUT2D eigenvalue weighted by atomic mass is 10.2. The first-order chi connectivity index (χ1) is 6.59. The van der Waals surface area contributed by atoms with Gasteiger partial charge >= 0.3 is 0 Å². The molecule has 2 aromatic rings. The monoisotopic (exact) mass is 215 g/mol. The number of non-ortho nitro benzene ring substituents is 1. The Morgan fingerprint density at radius 1 is 1.36 bits per heavy atom. The molecule has 0 spiro atoms. The quantitative estimate of drug-likeness (QED) is 0.542. The summed E-state index contributed by atoms with van der Waals surface area (Å²) in [6.07, 6.45) is 0. The van der Waals surface area contributed by atoms with Crippen molar-refractivity contribution in [2.75, 3.05) is 0 Å². The second kappa shape index (κ2) is 2.98. The molecule has 0 atom stereocenters. The van der Waals surface area contributed by atoms with Gasteiger partial charge in [-0.25, -0.2) is 8.78 Å². The van der Waals surface area contributed by atoms with Crippen LogP contribution in [0.4, 0.5) is 14.5 Å². The van der Waals surface area contributed by atoms with Gasteiger partial charge in [0.2, 0.25) is 0 Å². The molecule has 14 heavy (non-hydrogen) atoms. The lowest BCUT2D eigenvalue weighted by Crippen LogP contribution is -1.89. The van der Waals surface area contributed by atoms with Crippen molar-refractivity contribution in [1.82, 2.24) is 0 Å². The van der Waals surface area contributed by atoms with Crippen LogP contribution in [-0.2, 0) is 0 Å². The fourth-order valence-corrected chi connectivity index (χ4v) is 2.08. The Labute approximate surface area is 80.7 Å². The third-order valence-corrected chi connectivity index (χ3v) is 2.76. The van der Waals surface area contributed by atoms with Crippen LogP contribution in [0.2, 0.25) is 0 Å². The van der Waals surface area contributed by atoms with Crippen molar-refractivity contribution in [3.8, 4) is 0 Å². The number of hydrogen-bond donors (Lipinski definition) is 0. The van der Waals surface area contributed by atoms with Gasteiger partial charge in [0, 0.05) is 10.8 Å². The van der Waals surface area contributed by atoms with Gasteiger partial charge in [0.1, 0.15) is 16.3 Å². The van der Waals surface area contributed by atoms with Gasteiger partial charge in [-0.3, -0.25) is 10.1 Å². The summed E-state index contributed by atoms with van der Waals surface area (Å²) in [7, 11) is 0. The molecule has 0 aliphatic carbocycles. The normalized spacial score (nSPS) is 10.7. The van der Waals surface area contributed by atoms with Crippen LogP contribution in [0.1, 0.15) is 0 Å². The van der Waals surface area contributed by atoms with E-state index in [2.05, 4.69) is 0 Å². The summed E-state index contributed by atoms with van der Waals surface area (Å²) in [5.41, 5.74) is -0.395. The van der Waals surface area contributed by atoms with Crippen molar-refractivity contribution in [2.24, 2.45) is 0 Å². The minimum absolute atomic E-state index is 0.0401. The lowest BCUT2D eigenvalue weighted by Gasteiger charge is -1.94. The largest absolute Gasteiger partial charge is 0.290 e. The van der Waals surface area contributed by atoms with Gasteiger partial charge in [-0.15, -0.1) is 11.3 Å². The van der Waals surface area contributed by atoms with Gasteiger partial charge in [0.15, 0.2) is 0 Å². The van der Waals surface area contributed by atoms with Crippen LogP contribution in [0, 0.1) is 21.7 Å². The molecule has 0 aliphatic rings. The molecule has 0 fully saturated rings. The molecule has 1 heterocycles. The Morgan fingerprint density at radius 2 is 2.07 bits per heavy atom. The van der Waals surface area contributed by atoms with E-state index in [0.717, 1.165) is 28.8 Å². The van der Waals surface area contributed by atoms with E-state index in [0.29, 0.717) is 0 Å². The summed E-state index contributed by atoms with van der Waals surface area (Å²) in [5, 5.41) is 11.6. The van der Waals surface area contributed by atoms with Crippen molar-refractivity contribution >= 4 is 27.1 Å². The summed E-state index contributed by atoms with van der Waals surface area (Å²) in [4.78, 5) is 9.78. The van der Waals surface area contributed by atoms with Gasteiger partial charge in [-0.2, -0.15) is 0 Å². The molecule has 0 saturated heterocycles. The van der Waals surface area contributed by atoms with Crippen LogP contribution in [0.15, 0.2) is 17.5 Å². The van der Waals surface area contributed by atoms with Crippen molar-refractivity contribution in [1.29, 1.82) is 0 Å². The summed E-state index contributed by atoms with van der Waals surface area (Å²) in [6, 6.07) is 1.74. The zero-order valence-corrected chi connectivity index (χ0v) is 7.48. The fraction of sp³-hybridized carbons (Fsp3) is 0. The predicted molar refractivity (Wildman–Crippen MR) is 48.4 cm³/mol. The minimum atomic E-state index is -0.804. The Kier molecular flexibility index (Phi) is 1.92. The number of nitro benzene ring substituents is 1. The van der Waals surface area contributed by atoms with Crippen molar-refractivity contribution in [3.05, 3.63) is 39.3 Å². The van der Waals surface area contributed by atoms with Crippen LogP contribution >= 0.6 is 11.3 Å². The van der Waals surface area contributed by atoms with Crippen molar-refractivity contribution < 1.29 is 13.7 Å². The molecule has 2 rings (SSSR count). The van der Waals surface area contributed by atoms with E-state index in [4.69, 9.17) is 0 Å². The van der Waals surface area contributed by atoms with E-state index in [1.165, 1.54) is 0 Å². The average molecular weight is 215 g/mol. The van der Waals surface area contributed by atoms with E-state index in [-0.39, 0.29) is 10.1 Å². The number of fused-ring (bicyclic) bond motifs is 1. The topological polar surface area (TPSA) is 43.1 Å². The highest BCUT2D eigenvalue weighted by atomic mass is 32.1. The highest BCUT2D eigenvalue weighted by Crippen LogP contribution is 2.33. The highest BCUT2D eigenvalue weighted by molar-refractivity contribution is 7.17. The molecule has 1 aromatic heterocycles. The van der Waals surface area contributed by atoms with Crippen molar-refractivity contribution in [2.45, 2.75) is 0 Å². The third-order valence-electron chi connectivity index (χ3n) is 1.77. The van der Waals surface area contributed by atoms with Crippen LogP contribution < -0.4 is 0 Å².